The molecule has 2 heterocycles. The van der Waals surface area contributed by atoms with E-state index in [4.69, 9.17) is 0 Å². The summed E-state index contributed by atoms with van der Waals surface area (Å²) in [7, 11) is 0. The van der Waals surface area contributed by atoms with Crippen molar-refractivity contribution < 1.29 is 9.90 Å². The van der Waals surface area contributed by atoms with Crippen LogP contribution in [-0.4, -0.2) is 33.6 Å². The Morgan fingerprint density at radius 1 is 1.41 bits per heavy atom. The number of fused-ring (bicyclic) bond motifs is 1. The van der Waals surface area contributed by atoms with Crippen LogP contribution in [0.15, 0.2) is 30.7 Å². The first-order valence-electron chi connectivity index (χ1n) is 5.42. The molecule has 1 N–H and O–H groups in total. The molecule has 3 rings (SSSR count). The number of aliphatic hydroxyl groups is 1. The average Bonchev–Trinajstić information content (AvgIpc) is 2.68. The number of carbonyl (C=O) groups is 1. The third-order valence-electron chi connectivity index (χ3n) is 2.90. The summed E-state index contributed by atoms with van der Waals surface area (Å²) in [4.78, 5) is 21.3. The van der Waals surface area contributed by atoms with E-state index >= 15 is 0 Å². The monoisotopic (exact) mass is 229 g/mol. The first-order valence-corrected chi connectivity index (χ1v) is 5.42. The van der Waals surface area contributed by atoms with Crippen LogP contribution in [0.1, 0.15) is 6.42 Å². The number of benzene rings is 1. The van der Waals surface area contributed by atoms with Gasteiger partial charge in [0.25, 0.3) is 0 Å². The minimum Gasteiger partial charge on any atom is -0.391 e. The second-order valence-electron chi connectivity index (χ2n) is 4.13. The van der Waals surface area contributed by atoms with Crippen molar-refractivity contribution in [3.8, 4) is 0 Å². The van der Waals surface area contributed by atoms with Gasteiger partial charge in [-0.05, 0) is 18.2 Å². The molecule has 0 aliphatic carbocycles. The number of rotatable bonds is 1. The first-order chi connectivity index (χ1) is 8.24. The molecule has 1 amide bonds. The molecule has 1 aromatic heterocycles. The van der Waals surface area contributed by atoms with Crippen LogP contribution >= 0.6 is 0 Å². The maximum atomic E-state index is 11.7. The predicted molar refractivity (Wildman–Crippen MR) is 62.5 cm³/mol. The Kier molecular flexibility index (Phi) is 2.26. The van der Waals surface area contributed by atoms with E-state index in [1.165, 1.54) is 6.33 Å². The highest BCUT2D eigenvalue weighted by molar-refractivity contribution is 5.97. The van der Waals surface area contributed by atoms with E-state index in [0.717, 1.165) is 16.6 Å². The zero-order valence-corrected chi connectivity index (χ0v) is 9.08. The van der Waals surface area contributed by atoms with Crippen molar-refractivity contribution in [1.82, 2.24) is 9.97 Å². The lowest BCUT2D eigenvalue weighted by atomic mass is 10.2. The van der Waals surface area contributed by atoms with Gasteiger partial charge in [0.15, 0.2) is 0 Å². The normalized spacial score (nSPS) is 20.2. The van der Waals surface area contributed by atoms with Crippen LogP contribution < -0.4 is 4.90 Å². The number of anilines is 1. The SMILES string of the molecule is O=C1C[C@H](O)CN1c1ccc2ncncc2c1. The van der Waals surface area contributed by atoms with E-state index in [0.29, 0.717) is 6.54 Å². The highest BCUT2D eigenvalue weighted by Gasteiger charge is 2.28. The molecule has 0 saturated carbocycles. The van der Waals surface area contributed by atoms with Gasteiger partial charge in [0.05, 0.1) is 24.6 Å². The number of nitrogens with zero attached hydrogens (tertiary/aromatic N) is 3. The average molecular weight is 229 g/mol. The number of hydrogen-bond donors (Lipinski definition) is 1. The van der Waals surface area contributed by atoms with E-state index < -0.39 is 6.10 Å². The quantitative estimate of drug-likeness (QED) is 0.782. The van der Waals surface area contributed by atoms with Crippen molar-refractivity contribution in [1.29, 1.82) is 0 Å². The number of aliphatic hydroxyl groups excluding tert-OH is 1. The largest absolute Gasteiger partial charge is 0.391 e. The second kappa shape index (κ2) is 3.78. The van der Waals surface area contributed by atoms with E-state index in [2.05, 4.69) is 9.97 Å². The van der Waals surface area contributed by atoms with Crippen molar-refractivity contribution in [3.63, 3.8) is 0 Å². The zero-order chi connectivity index (χ0) is 11.8. The number of hydrogen-bond acceptors (Lipinski definition) is 4. The molecule has 5 heteroatoms. The summed E-state index contributed by atoms with van der Waals surface area (Å²) in [5.41, 5.74) is 1.63. The lowest BCUT2D eigenvalue weighted by Gasteiger charge is -2.16. The van der Waals surface area contributed by atoms with Crippen molar-refractivity contribution in [2.45, 2.75) is 12.5 Å². The maximum absolute atomic E-state index is 11.7. The van der Waals surface area contributed by atoms with E-state index in [9.17, 15) is 9.90 Å². The Morgan fingerprint density at radius 3 is 3.06 bits per heavy atom. The van der Waals surface area contributed by atoms with Gasteiger partial charge in [0.1, 0.15) is 6.33 Å². The van der Waals surface area contributed by atoms with Gasteiger partial charge < -0.3 is 10.0 Å². The fourth-order valence-electron chi connectivity index (χ4n) is 2.08. The molecule has 17 heavy (non-hydrogen) atoms. The molecular weight excluding hydrogens is 218 g/mol. The molecule has 5 nitrogen and oxygen atoms in total. The Bertz CT molecular complexity index is 585. The van der Waals surface area contributed by atoms with Crippen molar-refractivity contribution in [2.24, 2.45) is 0 Å². The van der Waals surface area contributed by atoms with Crippen LogP contribution in [0.3, 0.4) is 0 Å². The van der Waals surface area contributed by atoms with Gasteiger partial charge in [-0.1, -0.05) is 0 Å². The first kappa shape index (κ1) is 10.2. The minimum absolute atomic E-state index is 0.0475. The summed E-state index contributed by atoms with van der Waals surface area (Å²) in [5.74, 6) is -0.0475. The minimum atomic E-state index is -0.565. The Labute approximate surface area is 97.7 Å². The number of β-amino-alcohol motifs (C(OH)–C–C–N with tert-alkyl or cyclic N) is 1. The summed E-state index contributed by atoms with van der Waals surface area (Å²) >= 11 is 0. The van der Waals surface area contributed by atoms with Crippen LogP contribution in [0.5, 0.6) is 0 Å². The molecule has 1 atom stereocenters. The van der Waals surface area contributed by atoms with Crippen LogP contribution in [0.4, 0.5) is 5.69 Å². The molecule has 2 aromatic rings. The lowest BCUT2D eigenvalue weighted by Crippen LogP contribution is -2.25. The molecule has 1 aliphatic heterocycles. The molecule has 0 radical (unpaired) electrons. The summed E-state index contributed by atoms with van der Waals surface area (Å²) in [5, 5.41) is 10.3. The Morgan fingerprint density at radius 2 is 2.29 bits per heavy atom. The van der Waals surface area contributed by atoms with Crippen LogP contribution in [0, 0.1) is 0 Å². The maximum Gasteiger partial charge on any atom is 0.229 e. The van der Waals surface area contributed by atoms with Gasteiger partial charge in [-0.2, -0.15) is 0 Å². The highest BCUT2D eigenvalue weighted by atomic mass is 16.3. The highest BCUT2D eigenvalue weighted by Crippen LogP contribution is 2.24. The number of carbonyl (C=O) groups excluding carboxylic acids is 1. The molecule has 1 aromatic carbocycles. The predicted octanol–water partition coefficient (Wildman–Crippen LogP) is 0.727. The molecule has 1 saturated heterocycles. The summed E-state index contributed by atoms with van der Waals surface area (Å²) in [6.45, 7) is 0.359. The van der Waals surface area contributed by atoms with Gasteiger partial charge in [-0.25, -0.2) is 9.97 Å². The smallest absolute Gasteiger partial charge is 0.229 e. The Balaban J connectivity index is 2.03. The molecule has 1 fully saturated rings. The van der Waals surface area contributed by atoms with Crippen molar-refractivity contribution >= 4 is 22.5 Å². The third-order valence-corrected chi connectivity index (χ3v) is 2.90. The van der Waals surface area contributed by atoms with Gasteiger partial charge in [0.2, 0.25) is 5.91 Å². The molecule has 0 unspecified atom stereocenters. The van der Waals surface area contributed by atoms with Gasteiger partial charge in [-0.15, -0.1) is 0 Å². The van der Waals surface area contributed by atoms with Gasteiger partial charge >= 0.3 is 0 Å². The van der Waals surface area contributed by atoms with Crippen LogP contribution in [-0.2, 0) is 4.79 Å². The Hall–Kier alpha value is -2.01. The third kappa shape index (κ3) is 1.74. The summed E-state index contributed by atoms with van der Waals surface area (Å²) < 4.78 is 0. The molecule has 0 bridgehead atoms. The lowest BCUT2D eigenvalue weighted by molar-refractivity contribution is -0.117. The summed E-state index contributed by atoms with van der Waals surface area (Å²) in [6.07, 6.45) is 2.84. The van der Waals surface area contributed by atoms with E-state index in [1.54, 1.807) is 11.1 Å². The summed E-state index contributed by atoms with van der Waals surface area (Å²) in [6, 6.07) is 5.56. The van der Waals surface area contributed by atoms with Crippen LogP contribution in [0.2, 0.25) is 0 Å². The fraction of sp³-hybridized carbons (Fsp3) is 0.250. The van der Waals surface area contributed by atoms with Gasteiger partial charge in [0, 0.05) is 17.3 Å². The van der Waals surface area contributed by atoms with E-state index in [1.807, 2.05) is 18.2 Å². The molecule has 1 aliphatic rings. The molecule has 0 spiro atoms. The molecule has 86 valence electrons. The number of amides is 1. The van der Waals surface area contributed by atoms with Crippen molar-refractivity contribution in [3.05, 3.63) is 30.7 Å². The number of aromatic nitrogens is 2. The topological polar surface area (TPSA) is 66.3 Å². The zero-order valence-electron chi connectivity index (χ0n) is 9.08. The second-order valence-corrected chi connectivity index (χ2v) is 4.13. The van der Waals surface area contributed by atoms with E-state index in [-0.39, 0.29) is 12.3 Å². The van der Waals surface area contributed by atoms with Crippen molar-refractivity contribution in [2.75, 3.05) is 11.4 Å². The molecular formula is C12H11N3O2. The van der Waals surface area contributed by atoms with Gasteiger partial charge in [-0.3, -0.25) is 4.79 Å². The standard InChI is InChI=1S/C12H11N3O2/c16-10-4-12(17)15(6-10)9-1-2-11-8(3-9)5-13-7-14-11/h1-3,5,7,10,16H,4,6H2/t10-/m0/s1. The fourth-order valence-corrected chi connectivity index (χ4v) is 2.08. The van der Waals surface area contributed by atoms with Crippen LogP contribution in [0.25, 0.3) is 10.9 Å².